The fourth-order valence-electron chi connectivity index (χ4n) is 2.76. The van der Waals surface area contributed by atoms with Crippen LogP contribution in [0.3, 0.4) is 0 Å². The zero-order valence-corrected chi connectivity index (χ0v) is 16.9. The molecule has 28 heavy (non-hydrogen) atoms. The third-order valence-electron chi connectivity index (χ3n) is 4.61. The van der Waals surface area contributed by atoms with Crippen LogP contribution in [0.5, 0.6) is 5.75 Å². The summed E-state index contributed by atoms with van der Waals surface area (Å²) in [5, 5.41) is 4.11. The molecule has 148 valence electrons. The molecule has 0 radical (unpaired) electrons. The zero-order valence-electron chi connectivity index (χ0n) is 16.1. The maximum atomic E-state index is 12.7. The van der Waals surface area contributed by atoms with E-state index in [2.05, 4.69) is 23.7 Å². The minimum Gasteiger partial charge on any atom is -0.492 e. The molecule has 3 aromatic rings. The van der Waals surface area contributed by atoms with Crippen molar-refractivity contribution in [3.8, 4) is 5.75 Å². The van der Waals surface area contributed by atoms with E-state index in [1.807, 2.05) is 24.4 Å². The molecule has 1 aromatic heterocycles. The van der Waals surface area contributed by atoms with Gasteiger partial charge in [0.15, 0.2) is 0 Å². The summed E-state index contributed by atoms with van der Waals surface area (Å²) in [5.74, 6) is 1.000. The number of nitrogens with one attached hydrogen (secondary N) is 1. The largest absolute Gasteiger partial charge is 0.492 e. The van der Waals surface area contributed by atoms with Gasteiger partial charge >= 0.3 is 0 Å². The Kier molecular flexibility index (Phi) is 6.36. The summed E-state index contributed by atoms with van der Waals surface area (Å²) in [4.78, 5) is 0.240. The van der Waals surface area contributed by atoms with Gasteiger partial charge in [-0.1, -0.05) is 32.0 Å². The van der Waals surface area contributed by atoms with Crippen LogP contribution in [0.1, 0.15) is 31.7 Å². The van der Waals surface area contributed by atoms with Gasteiger partial charge < -0.3 is 4.74 Å². The lowest BCUT2D eigenvalue weighted by molar-refractivity contribution is 0.291. The molecule has 0 bridgehead atoms. The Morgan fingerprint density at radius 2 is 1.93 bits per heavy atom. The molecule has 1 N–H and O–H groups in total. The summed E-state index contributed by atoms with van der Waals surface area (Å²) < 4.78 is 35.4. The number of rotatable bonds is 9. The lowest BCUT2D eigenvalue weighted by atomic mass is 9.99. The Morgan fingerprint density at radius 3 is 2.61 bits per heavy atom. The van der Waals surface area contributed by atoms with Crippen LogP contribution in [-0.4, -0.2) is 24.8 Å². The highest BCUT2D eigenvalue weighted by Crippen LogP contribution is 2.23. The van der Waals surface area contributed by atoms with Crippen LogP contribution in [-0.2, 0) is 16.6 Å². The summed E-state index contributed by atoms with van der Waals surface area (Å²) in [6.45, 7) is 5.29. The number of sulfonamides is 1. The Hall–Kier alpha value is -2.80. The van der Waals surface area contributed by atoms with Crippen LogP contribution in [0.4, 0.5) is 5.69 Å². The number of nitrogens with zero attached hydrogens (tertiary/aromatic N) is 2. The Morgan fingerprint density at radius 1 is 1.14 bits per heavy atom. The minimum absolute atomic E-state index is 0.240. The van der Waals surface area contributed by atoms with E-state index in [1.54, 1.807) is 47.3 Å². The Labute approximate surface area is 166 Å². The van der Waals surface area contributed by atoms with Crippen molar-refractivity contribution in [2.75, 3.05) is 11.3 Å². The van der Waals surface area contributed by atoms with Crippen LogP contribution >= 0.6 is 0 Å². The average Bonchev–Trinajstić information content (AvgIpc) is 3.21. The maximum absolute atomic E-state index is 12.7. The van der Waals surface area contributed by atoms with Crippen LogP contribution in [0.15, 0.2) is 71.9 Å². The number of anilines is 1. The van der Waals surface area contributed by atoms with Gasteiger partial charge in [-0.05, 0) is 48.2 Å². The van der Waals surface area contributed by atoms with E-state index in [4.69, 9.17) is 4.74 Å². The molecule has 0 saturated heterocycles. The summed E-state index contributed by atoms with van der Waals surface area (Å²) in [6, 6.07) is 15.8. The van der Waals surface area contributed by atoms with Crippen molar-refractivity contribution in [2.24, 2.45) is 0 Å². The van der Waals surface area contributed by atoms with Crippen molar-refractivity contribution in [1.29, 1.82) is 0 Å². The Bertz CT molecular complexity index is 984. The van der Waals surface area contributed by atoms with Crippen molar-refractivity contribution >= 4 is 15.7 Å². The first-order valence-corrected chi connectivity index (χ1v) is 10.8. The first-order chi connectivity index (χ1) is 13.5. The van der Waals surface area contributed by atoms with Gasteiger partial charge in [-0.2, -0.15) is 5.10 Å². The average molecular weight is 400 g/mol. The van der Waals surface area contributed by atoms with Gasteiger partial charge in [0.05, 0.1) is 17.1 Å². The molecule has 0 aliphatic carbocycles. The molecule has 0 spiro atoms. The summed E-state index contributed by atoms with van der Waals surface area (Å²) in [6.07, 6.45) is 4.59. The Balaban J connectivity index is 1.65. The molecular formula is C21H25N3O3S. The van der Waals surface area contributed by atoms with Gasteiger partial charge in [-0.25, -0.2) is 8.42 Å². The molecule has 0 aliphatic heterocycles. The number of aromatic nitrogens is 2. The number of hydrogen-bond donors (Lipinski definition) is 1. The predicted octanol–water partition coefficient (Wildman–Crippen LogP) is 4.28. The summed E-state index contributed by atoms with van der Waals surface area (Å²) in [7, 11) is -3.65. The zero-order chi connectivity index (χ0) is 20.0. The molecule has 0 saturated carbocycles. The highest BCUT2D eigenvalue weighted by molar-refractivity contribution is 7.92. The van der Waals surface area contributed by atoms with Gasteiger partial charge in [0, 0.05) is 18.5 Å². The molecule has 2 aromatic carbocycles. The van der Waals surface area contributed by atoms with Gasteiger partial charge in [0.1, 0.15) is 12.4 Å². The predicted molar refractivity (Wildman–Crippen MR) is 110 cm³/mol. The van der Waals surface area contributed by atoms with Crippen LogP contribution < -0.4 is 9.46 Å². The van der Waals surface area contributed by atoms with Crippen LogP contribution in [0.2, 0.25) is 0 Å². The third-order valence-corrected chi connectivity index (χ3v) is 6.00. The van der Waals surface area contributed by atoms with E-state index in [0.29, 0.717) is 30.5 Å². The van der Waals surface area contributed by atoms with Gasteiger partial charge in [0.25, 0.3) is 10.0 Å². The minimum atomic E-state index is -3.65. The molecule has 0 unspecified atom stereocenters. The fraction of sp³-hybridized carbons (Fsp3) is 0.286. The molecule has 6 nitrogen and oxygen atoms in total. The van der Waals surface area contributed by atoms with E-state index in [-0.39, 0.29) is 4.90 Å². The van der Waals surface area contributed by atoms with E-state index in [1.165, 1.54) is 0 Å². The second kappa shape index (κ2) is 8.93. The molecular weight excluding hydrogens is 374 g/mol. The monoisotopic (exact) mass is 399 g/mol. The lowest BCUT2D eigenvalue weighted by Crippen LogP contribution is -2.13. The quantitative estimate of drug-likeness (QED) is 0.583. The standard InChI is InChI=1S/C21H25N3O3S/c1-3-17(2)18-8-10-21(11-9-18)28(25,26)23-19-6-4-7-20(16-19)27-15-14-24-13-5-12-22-24/h4-13,16-17,23H,3,14-15H2,1-2H3/t17-/m0/s1. The highest BCUT2D eigenvalue weighted by Gasteiger charge is 2.15. The first kappa shape index (κ1) is 19.9. The van der Waals surface area contributed by atoms with Crippen molar-refractivity contribution in [3.63, 3.8) is 0 Å². The fourth-order valence-corrected chi connectivity index (χ4v) is 3.81. The van der Waals surface area contributed by atoms with Crippen molar-refractivity contribution in [2.45, 2.75) is 37.6 Å². The van der Waals surface area contributed by atoms with E-state index in [9.17, 15) is 8.42 Å². The van der Waals surface area contributed by atoms with Gasteiger partial charge in [0.2, 0.25) is 0 Å². The number of hydrogen-bond acceptors (Lipinski definition) is 4. The molecule has 0 aliphatic rings. The summed E-state index contributed by atoms with van der Waals surface area (Å²) in [5.41, 5.74) is 1.59. The SMILES string of the molecule is CC[C@H](C)c1ccc(S(=O)(=O)Nc2cccc(OCCn3cccn3)c2)cc1. The second-order valence-electron chi connectivity index (χ2n) is 6.63. The third kappa shape index (κ3) is 5.13. The normalized spacial score (nSPS) is 12.5. The smallest absolute Gasteiger partial charge is 0.261 e. The second-order valence-corrected chi connectivity index (χ2v) is 8.31. The molecule has 1 atom stereocenters. The number of benzene rings is 2. The lowest BCUT2D eigenvalue weighted by Gasteiger charge is -2.12. The van der Waals surface area contributed by atoms with Crippen molar-refractivity contribution in [3.05, 3.63) is 72.6 Å². The van der Waals surface area contributed by atoms with Gasteiger partial charge in [-0.3, -0.25) is 9.40 Å². The molecule has 0 amide bonds. The number of ether oxygens (including phenoxy) is 1. The molecule has 3 rings (SSSR count). The maximum Gasteiger partial charge on any atom is 0.261 e. The van der Waals surface area contributed by atoms with Crippen LogP contribution in [0, 0.1) is 0 Å². The molecule has 1 heterocycles. The molecule has 7 heteroatoms. The highest BCUT2D eigenvalue weighted by atomic mass is 32.2. The van der Waals surface area contributed by atoms with Crippen molar-refractivity contribution in [1.82, 2.24) is 9.78 Å². The van der Waals surface area contributed by atoms with E-state index in [0.717, 1.165) is 12.0 Å². The van der Waals surface area contributed by atoms with Crippen molar-refractivity contribution < 1.29 is 13.2 Å². The first-order valence-electron chi connectivity index (χ1n) is 9.31. The molecule has 0 fully saturated rings. The van der Waals surface area contributed by atoms with Crippen LogP contribution in [0.25, 0.3) is 0 Å². The topological polar surface area (TPSA) is 73.2 Å². The van der Waals surface area contributed by atoms with E-state index < -0.39 is 10.0 Å². The van der Waals surface area contributed by atoms with Gasteiger partial charge in [-0.15, -0.1) is 0 Å². The van der Waals surface area contributed by atoms with E-state index >= 15 is 0 Å². The summed E-state index contributed by atoms with van der Waals surface area (Å²) >= 11 is 0.